The van der Waals surface area contributed by atoms with E-state index >= 15 is 0 Å². The molecule has 1 saturated heterocycles. The Morgan fingerprint density at radius 1 is 0.966 bits per heavy atom. The maximum Gasteiger partial charge on any atom is 0.306 e. The fourth-order valence-corrected chi connectivity index (χ4v) is 6.58. The lowest BCUT2D eigenvalue weighted by Gasteiger charge is -2.33. The van der Waals surface area contributed by atoms with E-state index in [4.69, 9.17) is 4.74 Å². The molecule has 0 aromatic heterocycles. The van der Waals surface area contributed by atoms with Gasteiger partial charge in [0.25, 0.3) is 0 Å². The third-order valence-corrected chi connectivity index (χ3v) is 8.23. The highest BCUT2D eigenvalue weighted by atomic mass is 32.2. The first-order valence-corrected chi connectivity index (χ1v) is 13.7. The molecule has 0 aromatic carbocycles. The number of rotatable bonds is 14. The lowest BCUT2D eigenvalue weighted by Crippen LogP contribution is -2.23. The number of carbonyl (C=O) groups excluding carboxylic acids is 1. The molecule has 2 nitrogen and oxygen atoms in total. The van der Waals surface area contributed by atoms with Gasteiger partial charge >= 0.3 is 5.97 Å². The molecule has 1 aliphatic heterocycles. The van der Waals surface area contributed by atoms with Crippen LogP contribution in [0.3, 0.4) is 0 Å². The summed E-state index contributed by atoms with van der Waals surface area (Å²) < 4.78 is 5.65. The topological polar surface area (TPSA) is 26.3 Å². The molecule has 0 atom stereocenters. The molecule has 0 aromatic rings. The summed E-state index contributed by atoms with van der Waals surface area (Å²) in [6.45, 7) is 8.04. The average Bonchev–Trinajstić information content (AvgIpc) is 2.66. The van der Waals surface area contributed by atoms with Gasteiger partial charge in [-0.1, -0.05) is 69.8 Å². The van der Waals surface area contributed by atoms with E-state index in [9.17, 15) is 4.79 Å². The lowest BCUT2D eigenvalue weighted by molar-refractivity contribution is -0.154. The molecule has 1 heterocycles. The van der Waals surface area contributed by atoms with Crippen molar-refractivity contribution in [1.82, 2.24) is 0 Å². The molecule has 0 spiro atoms. The first kappa shape index (κ1) is 26.7. The van der Waals surface area contributed by atoms with Crippen LogP contribution >= 0.6 is 23.5 Å². The predicted molar refractivity (Wildman–Crippen MR) is 133 cm³/mol. The van der Waals surface area contributed by atoms with Crippen LogP contribution in [0, 0.1) is 0 Å². The Kier molecular flexibility index (Phi) is 14.2. The van der Waals surface area contributed by atoms with Crippen molar-refractivity contribution in [2.24, 2.45) is 0 Å². The van der Waals surface area contributed by atoms with Crippen molar-refractivity contribution in [2.75, 3.05) is 11.5 Å². The van der Waals surface area contributed by atoms with Crippen LogP contribution in [0.25, 0.3) is 0 Å². The summed E-state index contributed by atoms with van der Waals surface area (Å²) in [4.78, 5) is 11.8. The number of allylic oxidation sites excluding steroid dienone is 3. The number of unbranched alkanes of at least 4 members (excludes halogenated alkanes) is 7. The maximum atomic E-state index is 11.8. The SMILES string of the molecule is CCCCCC=CC=CC1(CCCCCCCC(=O)OC(C)(C)C)SCCCS1. The molecule has 1 fully saturated rings. The molecule has 1 aliphatic rings. The number of esters is 1. The zero-order chi connectivity index (χ0) is 21.4. The number of ether oxygens (including phenoxy) is 1. The van der Waals surface area contributed by atoms with Crippen LogP contribution in [0.5, 0.6) is 0 Å². The van der Waals surface area contributed by atoms with Crippen LogP contribution in [0.1, 0.15) is 105 Å². The number of carbonyl (C=O) groups is 1. The summed E-state index contributed by atoms with van der Waals surface area (Å²) in [5.41, 5.74) is -0.362. The second-order valence-electron chi connectivity index (χ2n) is 9.00. The molecular formula is C25H44O2S2. The Bertz CT molecular complexity index is 486. The quantitative estimate of drug-likeness (QED) is 0.154. The number of hydrogen-bond acceptors (Lipinski definition) is 4. The van der Waals surface area contributed by atoms with Gasteiger partial charge in [-0.2, -0.15) is 0 Å². The predicted octanol–water partition coefficient (Wildman–Crippen LogP) is 8.32. The first-order valence-electron chi connectivity index (χ1n) is 11.7. The molecule has 0 unspecified atom stereocenters. The van der Waals surface area contributed by atoms with Crippen molar-refractivity contribution in [3.05, 3.63) is 24.3 Å². The van der Waals surface area contributed by atoms with E-state index in [-0.39, 0.29) is 15.6 Å². The molecule has 0 aliphatic carbocycles. The summed E-state index contributed by atoms with van der Waals surface area (Å²) >= 11 is 4.28. The van der Waals surface area contributed by atoms with Gasteiger partial charge in [-0.25, -0.2) is 0 Å². The molecule has 1 rings (SSSR count). The van der Waals surface area contributed by atoms with Crippen LogP contribution in [0.4, 0.5) is 0 Å². The molecule has 29 heavy (non-hydrogen) atoms. The smallest absolute Gasteiger partial charge is 0.306 e. The van der Waals surface area contributed by atoms with Crippen LogP contribution in [-0.2, 0) is 9.53 Å². The van der Waals surface area contributed by atoms with E-state index in [1.807, 2.05) is 20.8 Å². The fraction of sp³-hybridized carbons (Fsp3) is 0.800. The molecule has 0 amide bonds. The average molecular weight is 441 g/mol. The highest BCUT2D eigenvalue weighted by Crippen LogP contribution is 2.47. The number of thioether (sulfide) groups is 2. The third kappa shape index (κ3) is 14.3. The highest BCUT2D eigenvalue weighted by Gasteiger charge is 2.30. The highest BCUT2D eigenvalue weighted by molar-refractivity contribution is 8.19. The van der Waals surface area contributed by atoms with Crippen LogP contribution < -0.4 is 0 Å². The second kappa shape index (κ2) is 15.5. The largest absolute Gasteiger partial charge is 0.460 e. The minimum Gasteiger partial charge on any atom is -0.460 e. The van der Waals surface area contributed by atoms with E-state index in [1.165, 1.54) is 69.3 Å². The van der Waals surface area contributed by atoms with Crippen molar-refractivity contribution >= 4 is 29.5 Å². The van der Waals surface area contributed by atoms with Gasteiger partial charge in [-0.15, -0.1) is 23.5 Å². The Labute approximate surface area is 189 Å². The van der Waals surface area contributed by atoms with Gasteiger partial charge in [-0.3, -0.25) is 4.79 Å². The van der Waals surface area contributed by atoms with Crippen molar-refractivity contribution in [1.29, 1.82) is 0 Å². The van der Waals surface area contributed by atoms with Gasteiger partial charge in [0.15, 0.2) is 0 Å². The summed E-state index contributed by atoms with van der Waals surface area (Å²) in [6, 6.07) is 0. The molecule has 4 heteroatoms. The summed E-state index contributed by atoms with van der Waals surface area (Å²) in [5.74, 6) is 2.51. The minimum atomic E-state index is -0.362. The molecular weight excluding hydrogens is 396 g/mol. The Morgan fingerprint density at radius 3 is 2.34 bits per heavy atom. The Hall–Kier alpha value is -0.350. The van der Waals surface area contributed by atoms with Crippen molar-refractivity contribution < 1.29 is 9.53 Å². The van der Waals surface area contributed by atoms with E-state index in [0.717, 1.165) is 12.8 Å². The van der Waals surface area contributed by atoms with Crippen molar-refractivity contribution in [3.63, 3.8) is 0 Å². The van der Waals surface area contributed by atoms with Gasteiger partial charge in [0.1, 0.15) is 5.60 Å². The van der Waals surface area contributed by atoms with Gasteiger partial charge < -0.3 is 4.74 Å². The minimum absolute atomic E-state index is 0.0562. The lowest BCUT2D eigenvalue weighted by atomic mass is 10.1. The molecule has 0 N–H and O–H groups in total. The third-order valence-electron chi connectivity index (χ3n) is 4.88. The second-order valence-corrected chi connectivity index (χ2v) is 12.1. The zero-order valence-corrected chi connectivity index (χ0v) is 21.0. The van der Waals surface area contributed by atoms with Gasteiger partial charge in [0.05, 0.1) is 4.08 Å². The van der Waals surface area contributed by atoms with Crippen molar-refractivity contribution in [2.45, 2.75) is 114 Å². The Balaban J connectivity index is 2.24. The molecule has 168 valence electrons. The maximum absolute atomic E-state index is 11.8. The van der Waals surface area contributed by atoms with Crippen LogP contribution in [0.2, 0.25) is 0 Å². The van der Waals surface area contributed by atoms with Crippen LogP contribution in [-0.4, -0.2) is 27.2 Å². The zero-order valence-electron chi connectivity index (χ0n) is 19.3. The van der Waals surface area contributed by atoms with E-state index < -0.39 is 0 Å². The van der Waals surface area contributed by atoms with E-state index in [1.54, 1.807) is 0 Å². The van der Waals surface area contributed by atoms with Gasteiger partial charge in [0, 0.05) is 6.42 Å². The Morgan fingerprint density at radius 2 is 1.66 bits per heavy atom. The monoisotopic (exact) mass is 440 g/mol. The molecule has 0 bridgehead atoms. The summed E-state index contributed by atoms with van der Waals surface area (Å²) in [5, 5.41) is 0. The van der Waals surface area contributed by atoms with E-state index in [0.29, 0.717) is 6.42 Å². The van der Waals surface area contributed by atoms with Crippen LogP contribution in [0.15, 0.2) is 24.3 Å². The van der Waals surface area contributed by atoms with Gasteiger partial charge in [0.2, 0.25) is 0 Å². The fourth-order valence-electron chi connectivity index (χ4n) is 3.37. The molecule has 0 saturated carbocycles. The van der Waals surface area contributed by atoms with Crippen molar-refractivity contribution in [3.8, 4) is 0 Å². The standard InChI is InChI=1S/C25H44O2S2/c1-5-6-7-8-9-12-15-19-25(28-21-17-22-29-25)20-16-13-10-11-14-18-23(26)27-24(2,3)4/h9,12,15,19H,5-8,10-11,13-14,16-18,20-22H2,1-4H3. The number of hydrogen-bond donors (Lipinski definition) is 0. The summed E-state index contributed by atoms with van der Waals surface area (Å²) in [6.07, 6.45) is 23.4. The van der Waals surface area contributed by atoms with Gasteiger partial charge in [-0.05, 0) is 64.4 Å². The first-order chi connectivity index (χ1) is 13.9. The summed E-state index contributed by atoms with van der Waals surface area (Å²) in [7, 11) is 0. The molecule has 0 radical (unpaired) electrons. The van der Waals surface area contributed by atoms with E-state index in [2.05, 4.69) is 54.8 Å². The normalized spacial score (nSPS) is 17.2.